The lowest BCUT2D eigenvalue weighted by Gasteiger charge is -2.02. The highest BCUT2D eigenvalue weighted by molar-refractivity contribution is 4.84. The van der Waals surface area contributed by atoms with Gasteiger partial charge in [-0.15, -0.1) is 0 Å². The minimum atomic E-state index is 0.708. The molecule has 6 heavy (non-hydrogen) atoms. The van der Waals surface area contributed by atoms with Crippen LogP contribution >= 0.6 is 0 Å². The highest BCUT2D eigenvalue weighted by Gasteiger charge is 1.83. The van der Waals surface area contributed by atoms with Crippen LogP contribution in [0.1, 0.15) is 0 Å². The topological polar surface area (TPSA) is 21.3 Å². The summed E-state index contributed by atoms with van der Waals surface area (Å²) in [7, 11) is 0. The Hall–Kier alpha value is -0.340. The molecule has 1 heterocycles. The van der Waals surface area contributed by atoms with Crippen LogP contribution in [0.4, 0.5) is 0 Å². The van der Waals surface area contributed by atoms with Crippen LogP contribution in [0.2, 0.25) is 0 Å². The minimum Gasteiger partial charge on any atom is -0.297 e. The zero-order valence-electron chi connectivity index (χ0n) is 3.48. The molecule has 0 spiro atoms. The van der Waals surface area contributed by atoms with Crippen molar-refractivity contribution in [1.29, 1.82) is 0 Å². The quantitative estimate of drug-likeness (QED) is 0.420. The lowest BCUT2D eigenvalue weighted by atomic mass is 10.5. The Morgan fingerprint density at radius 3 is 2.67 bits per heavy atom. The molecule has 0 aromatic rings. The van der Waals surface area contributed by atoms with Crippen LogP contribution in [-0.4, -0.2) is 13.2 Å². The molecule has 0 saturated carbocycles. The SMILES string of the molecule is C1=CCONC1. The van der Waals surface area contributed by atoms with Gasteiger partial charge in [-0.1, -0.05) is 12.2 Å². The Morgan fingerprint density at radius 1 is 1.50 bits per heavy atom. The molecule has 1 rings (SSSR count). The molecule has 0 bridgehead atoms. The third-order valence-electron chi connectivity index (χ3n) is 0.649. The molecule has 2 nitrogen and oxygen atoms in total. The molecule has 1 aliphatic rings. The molecule has 0 aliphatic carbocycles. The Labute approximate surface area is 36.8 Å². The van der Waals surface area contributed by atoms with Crippen LogP contribution in [0, 0.1) is 0 Å². The molecular formula is C4H7NO. The first-order chi connectivity index (χ1) is 3.00. The van der Waals surface area contributed by atoms with Crippen LogP contribution < -0.4 is 5.48 Å². The van der Waals surface area contributed by atoms with Gasteiger partial charge in [0.05, 0.1) is 6.61 Å². The van der Waals surface area contributed by atoms with Crippen molar-refractivity contribution in [3.63, 3.8) is 0 Å². The molecular weight excluding hydrogens is 78.0 g/mol. The molecule has 1 N–H and O–H groups in total. The molecule has 2 heteroatoms. The molecule has 0 aromatic carbocycles. The third-order valence-corrected chi connectivity index (χ3v) is 0.649. The normalized spacial score (nSPS) is 21.3. The largest absolute Gasteiger partial charge is 0.297 e. The summed E-state index contributed by atoms with van der Waals surface area (Å²) in [5.41, 5.74) is 2.70. The number of hydrogen-bond donors (Lipinski definition) is 1. The number of hydrogen-bond acceptors (Lipinski definition) is 2. The van der Waals surface area contributed by atoms with Crippen molar-refractivity contribution in [3.05, 3.63) is 12.2 Å². The highest BCUT2D eigenvalue weighted by atomic mass is 16.6. The van der Waals surface area contributed by atoms with E-state index in [9.17, 15) is 0 Å². The van der Waals surface area contributed by atoms with Gasteiger partial charge in [0.25, 0.3) is 0 Å². The average molecular weight is 85.1 g/mol. The second kappa shape index (κ2) is 1.95. The van der Waals surface area contributed by atoms with Crippen molar-refractivity contribution in [2.45, 2.75) is 0 Å². The van der Waals surface area contributed by atoms with Gasteiger partial charge in [0.1, 0.15) is 0 Å². The molecule has 0 fully saturated rings. The van der Waals surface area contributed by atoms with Crippen molar-refractivity contribution >= 4 is 0 Å². The fourth-order valence-electron chi connectivity index (χ4n) is 0.365. The predicted octanol–water partition coefficient (Wildman–Crippen LogP) is 0.0774. The van der Waals surface area contributed by atoms with Gasteiger partial charge >= 0.3 is 0 Å². The number of rotatable bonds is 0. The Bertz CT molecular complexity index is 52.6. The molecule has 0 amide bonds. The summed E-state index contributed by atoms with van der Waals surface area (Å²) in [6.07, 6.45) is 4.01. The van der Waals surface area contributed by atoms with Crippen LogP contribution in [0.3, 0.4) is 0 Å². The van der Waals surface area contributed by atoms with E-state index in [0.29, 0.717) is 6.61 Å². The zero-order chi connectivity index (χ0) is 4.24. The fourth-order valence-corrected chi connectivity index (χ4v) is 0.365. The average Bonchev–Trinajstić information content (AvgIpc) is 1.72. The van der Waals surface area contributed by atoms with Gasteiger partial charge in [0.15, 0.2) is 0 Å². The van der Waals surface area contributed by atoms with E-state index in [0.717, 1.165) is 6.54 Å². The van der Waals surface area contributed by atoms with Gasteiger partial charge in [0, 0.05) is 6.54 Å². The van der Waals surface area contributed by atoms with Gasteiger partial charge in [-0.3, -0.25) is 4.84 Å². The van der Waals surface area contributed by atoms with Gasteiger partial charge in [0.2, 0.25) is 0 Å². The summed E-state index contributed by atoms with van der Waals surface area (Å²) in [6, 6.07) is 0. The summed E-state index contributed by atoms with van der Waals surface area (Å²) < 4.78 is 0. The lowest BCUT2D eigenvalue weighted by Crippen LogP contribution is -2.17. The number of nitrogens with one attached hydrogen (secondary N) is 1. The maximum absolute atomic E-state index is 4.73. The highest BCUT2D eigenvalue weighted by Crippen LogP contribution is 1.78. The van der Waals surface area contributed by atoms with Crippen molar-refractivity contribution in [2.24, 2.45) is 0 Å². The monoisotopic (exact) mass is 85.1 g/mol. The first kappa shape index (κ1) is 3.84. The van der Waals surface area contributed by atoms with Crippen LogP contribution in [0.25, 0.3) is 0 Å². The zero-order valence-corrected chi connectivity index (χ0v) is 3.48. The second-order valence-electron chi connectivity index (χ2n) is 1.13. The second-order valence-corrected chi connectivity index (χ2v) is 1.13. The van der Waals surface area contributed by atoms with Gasteiger partial charge in [-0.05, 0) is 0 Å². The van der Waals surface area contributed by atoms with Crippen LogP contribution in [0.5, 0.6) is 0 Å². The first-order valence-corrected chi connectivity index (χ1v) is 2.00. The van der Waals surface area contributed by atoms with E-state index in [1.165, 1.54) is 0 Å². The van der Waals surface area contributed by atoms with Crippen LogP contribution in [-0.2, 0) is 4.84 Å². The lowest BCUT2D eigenvalue weighted by molar-refractivity contribution is 0.0627. The van der Waals surface area contributed by atoms with Crippen molar-refractivity contribution in [2.75, 3.05) is 13.2 Å². The Balaban J connectivity index is 2.26. The Kier molecular flexibility index (Phi) is 1.25. The molecule has 0 aromatic heterocycles. The summed E-state index contributed by atoms with van der Waals surface area (Å²) in [6.45, 7) is 1.56. The smallest absolute Gasteiger partial charge is 0.0864 e. The fraction of sp³-hybridized carbons (Fsp3) is 0.500. The van der Waals surface area contributed by atoms with E-state index >= 15 is 0 Å². The molecule has 0 saturated heterocycles. The van der Waals surface area contributed by atoms with E-state index in [1.807, 2.05) is 12.2 Å². The van der Waals surface area contributed by atoms with E-state index in [1.54, 1.807) is 0 Å². The molecule has 1 aliphatic heterocycles. The minimum absolute atomic E-state index is 0.708. The molecule has 34 valence electrons. The molecule has 0 unspecified atom stereocenters. The van der Waals surface area contributed by atoms with Gasteiger partial charge in [-0.2, -0.15) is 5.48 Å². The van der Waals surface area contributed by atoms with Crippen molar-refractivity contribution in [1.82, 2.24) is 5.48 Å². The van der Waals surface area contributed by atoms with E-state index < -0.39 is 0 Å². The van der Waals surface area contributed by atoms with E-state index in [4.69, 9.17) is 4.84 Å². The maximum atomic E-state index is 4.73. The summed E-state index contributed by atoms with van der Waals surface area (Å²) in [5, 5.41) is 0. The maximum Gasteiger partial charge on any atom is 0.0864 e. The Morgan fingerprint density at radius 2 is 2.50 bits per heavy atom. The van der Waals surface area contributed by atoms with Gasteiger partial charge in [-0.25, -0.2) is 0 Å². The van der Waals surface area contributed by atoms with E-state index in [2.05, 4.69) is 5.48 Å². The molecule has 0 atom stereocenters. The van der Waals surface area contributed by atoms with Crippen LogP contribution in [0.15, 0.2) is 12.2 Å². The van der Waals surface area contributed by atoms with Gasteiger partial charge < -0.3 is 0 Å². The molecule has 0 radical (unpaired) electrons. The first-order valence-electron chi connectivity index (χ1n) is 2.00. The predicted molar refractivity (Wildman–Crippen MR) is 23.1 cm³/mol. The van der Waals surface area contributed by atoms with Crippen molar-refractivity contribution < 1.29 is 4.84 Å². The summed E-state index contributed by atoms with van der Waals surface area (Å²) in [4.78, 5) is 4.73. The summed E-state index contributed by atoms with van der Waals surface area (Å²) in [5.74, 6) is 0. The third kappa shape index (κ3) is 0.808. The summed E-state index contributed by atoms with van der Waals surface area (Å²) >= 11 is 0. The van der Waals surface area contributed by atoms with E-state index in [-0.39, 0.29) is 0 Å². The number of hydroxylamine groups is 1. The van der Waals surface area contributed by atoms with Crippen molar-refractivity contribution in [3.8, 4) is 0 Å². The standard InChI is InChI=1S/C4H7NO/c1-2-4-6-5-3-1/h1-2,5H,3-4H2.